The van der Waals surface area contributed by atoms with E-state index in [2.05, 4.69) is 20.9 Å². The van der Waals surface area contributed by atoms with Crippen LogP contribution >= 0.6 is 15.9 Å². The van der Waals surface area contributed by atoms with E-state index < -0.39 is 0 Å². The van der Waals surface area contributed by atoms with Crippen LogP contribution in [0.3, 0.4) is 0 Å². The van der Waals surface area contributed by atoms with Gasteiger partial charge in [0, 0.05) is 12.1 Å². The first-order chi connectivity index (χ1) is 8.69. The first kappa shape index (κ1) is 12.8. The smallest absolute Gasteiger partial charge is 0.213 e. The van der Waals surface area contributed by atoms with Crippen LogP contribution in [0.4, 0.5) is 4.39 Å². The van der Waals surface area contributed by atoms with Gasteiger partial charge < -0.3 is 9.47 Å². The SMILES string of the molecule is COc1cccc(COc2cc(F)ccc2Br)n1. The lowest BCUT2D eigenvalue weighted by Gasteiger charge is -2.08. The van der Waals surface area contributed by atoms with Gasteiger partial charge in [0.25, 0.3) is 0 Å². The molecule has 0 aliphatic carbocycles. The molecule has 1 heterocycles. The van der Waals surface area contributed by atoms with Crippen LogP contribution in [0.2, 0.25) is 0 Å². The minimum atomic E-state index is -0.341. The Bertz CT molecular complexity index is 548. The topological polar surface area (TPSA) is 31.4 Å². The normalized spacial score (nSPS) is 10.2. The molecule has 0 aliphatic heterocycles. The molecule has 2 rings (SSSR count). The zero-order valence-electron chi connectivity index (χ0n) is 9.69. The zero-order chi connectivity index (χ0) is 13.0. The van der Waals surface area contributed by atoms with Gasteiger partial charge in [0.1, 0.15) is 18.2 Å². The molecule has 0 unspecified atom stereocenters. The summed E-state index contributed by atoms with van der Waals surface area (Å²) in [6.07, 6.45) is 0. The minimum Gasteiger partial charge on any atom is -0.486 e. The summed E-state index contributed by atoms with van der Waals surface area (Å²) >= 11 is 3.30. The summed E-state index contributed by atoms with van der Waals surface area (Å²) in [6, 6.07) is 9.68. The van der Waals surface area contributed by atoms with E-state index in [4.69, 9.17) is 9.47 Å². The van der Waals surface area contributed by atoms with Crippen molar-refractivity contribution >= 4 is 15.9 Å². The molecule has 94 valence electrons. The van der Waals surface area contributed by atoms with E-state index in [1.54, 1.807) is 19.2 Å². The van der Waals surface area contributed by atoms with Gasteiger partial charge in [0.2, 0.25) is 5.88 Å². The van der Waals surface area contributed by atoms with Crippen molar-refractivity contribution in [2.24, 2.45) is 0 Å². The number of halogens is 2. The third-order valence-corrected chi connectivity index (χ3v) is 2.91. The Balaban J connectivity index is 2.08. The molecule has 5 heteroatoms. The van der Waals surface area contributed by atoms with E-state index in [0.29, 0.717) is 21.8 Å². The number of ether oxygens (including phenoxy) is 2. The lowest BCUT2D eigenvalue weighted by molar-refractivity contribution is 0.294. The van der Waals surface area contributed by atoms with Crippen LogP contribution in [0.25, 0.3) is 0 Å². The Morgan fingerprint density at radius 3 is 2.89 bits per heavy atom. The van der Waals surface area contributed by atoms with Gasteiger partial charge >= 0.3 is 0 Å². The fourth-order valence-electron chi connectivity index (χ4n) is 1.39. The molecule has 0 saturated heterocycles. The summed E-state index contributed by atoms with van der Waals surface area (Å²) in [7, 11) is 1.55. The maximum atomic E-state index is 13.1. The molecule has 3 nitrogen and oxygen atoms in total. The summed E-state index contributed by atoms with van der Waals surface area (Å²) in [5.41, 5.74) is 0.713. The molecule has 0 radical (unpaired) electrons. The average molecular weight is 312 g/mol. The van der Waals surface area contributed by atoms with E-state index in [0.717, 1.165) is 0 Å². The Morgan fingerprint density at radius 1 is 1.28 bits per heavy atom. The first-order valence-corrected chi connectivity index (χ1v) is 6.06. The molecule has 0 N–H and O–H groups in total. The van der Waals surface area contributed by atoms with Crippen molar-refractivity contribution in [3.63, 3.8) is 0 Å². The van der Waals surface area contributed by atoms with E-state index in [-0.39, 0.29) is 12.4 Å². The number of hydrogen-bond donors (Lipinski definition) is 0. The molecule has 0 amide bonds. The van der Waals surface area contributed by atoms with Gasteiger partial charge in [-0.3, -0.25) is 0 Å². The van der Waals surface area contributed by atoms with Crippen molar-refractivity contribution in [1.82, 2.24) is 4.98 Å². The quantitative estimate of drug-likeness (QED) is 0.865. The van der Waals surface area contributed by atoms with Crippen molar-refractivity contribution in [1.29, 1.82) is 0 Å². The predicted molar refractivity (Wildman–Crippen MR) is 69.2 cm³/mol. The highest BCUT2D eigenvalue weighted by molar-refractivity contribution is 9.10. The van der Waals surface area contributed by atoms with Crippen LogP contribution in [0.5, 0.6) is 11.6 Å². The number of nitrogens with zero attached hydrogens (tertiary/aromatic N) is 1. The largest absolute Gasteiger partial charge is 0.486 e. The molecule has 0 atom stereocenters. The van der Waals surface area contributed by atoms with Crippen LogP contribution in [-0.2, 0) is 6.61 Å². The van der Waals surface area contributed by atoms with Gasteiger partial charge in [-0.1, -0.05) is 6.07 Å². The van der Waals surface area contributed by atoms with Crippen molar-refractivity contribution in [2.75, 3.05) is 7.11 Å². The van der Waals surface area contributed by atoms with Gasteiger partial charge in [0.15, 0.2) is 0 Å². The summed E-state index contributed by atoms with van der Waals surface area (Å²) in [4.78, 5) is 4.20. The molecule has 0 fully saturated rings. The van der Waals surface area contributed by atoms with Crippen molar-refractivity contribution in [2.45, 2.75) is 6.61 Å². The molecule has 1 aromatic carbocycles. The van der Waals surface area contributed by atoms with Crippen molar-refractivity contribution < 1.29 is 13.9 Å². The van der Waals surface area contributed by atoms with Crippen LogP contribution in [-0.4, -0.2) is 12.1 Å². The lowest BCUT2D eigenvalue weighted by atomic mass is 10.3. The van der Waals surface area contributed by atoms with Gasteiger partial charge in [-0.2, -0.15) is 0 Å². The zero-order valence-corrected chi connectivity index (χ0v) is 11.3. The van der Waals surface area contributed by atoms with E-state index >= 15 is 0 Å². The van der Waals surface area contributed by atoms with Gasteiger partial charge in [-0.15, -0.1) is 0 Å². The standard InChI is InChI=1S/C13H11BrFNO2/c1-17-13-4-2-3-10(16-13)8-18-12-7-9(15)5-6-11(12)14/h2-7H,8H2,1H3. The Morgan fingerprint density at radius 2 is 2.11 bits per heavy atom. The number of aromatic nitrogens is 1. The van der Waals surface area contributed by atoms with Crippen molar-refractivity contribution in [3.05, 3.63) is 52.4 Å². The Hall–Kier alpha value is -1.62. The second-order valence-electron chi connectivity index (χ2n) is 3.53. The van der Waals surface area contributed by atoms with E-state index in [1.807, 2.05) is 12.1 Å². The highest BCUT2D eigenvalue weighted by atomic mass is 79.9. The molecule has 0 aliphatic rings. The first-order valence-electron chi connectivity index (χ1n) is 5.27. The predicted octanol–water partition coefficient (Wildman–Crippen LogP) is 3.57. The fraction of sp³-hybridized carbons (Fsp3) is 0.154. The monoisotopic (exact) mass is 311 g/mol. The van der Waals surface area contributed by atoms with Crippen LogP contribution in [0.1, 0.15) is 5.69 Å². The molecule has 1 aromatic heterocycles. The molecule has 18 heavy (non-hydrogen) atoms. The number of benzene rings is 1. The van der Waals surface area contributed by atoms with Gasteiger partial charge in [0.05, 0.1) is 17.3 Å². The molecule has 2 aromatic rings. The maximum absolute atomic E-state index is 13.1. The molecular formula is C13H11BrFNO2. The minimum absolute atomic E-state index is 0.249. The number of hydrogen-bond acceptors (Lipinski definition) is 3. The lowest BCUT2D eigenvalue weighted by Crippen LogP contribution is -2.00. The summed E-state index contributed by atoms with van der Waals surface area (Å²) in [5, 5.41) is 0. The number of pyridine rings is 1. The third kappa shape index (κ3) is 3.20. The summed E-state index contributed by atoms with van der Waals surface area (Å²) in [6.45, 7) is 0.249. The maximum Gasteiger partial charge on any atom is 0.213 e. The molecule has 0 spiro atoms. The van der Waals surface area contributed by atoms with E-state index in [1.165, 1.54) is 12.1 Å². The fourth-order valence-corrected chi connectivity index (χ4v) is 1.75. The Kier molecular flexibility index (Phi) is 4.15. The second kappa shape index (κ2) is 5.82. The van der Waals surface area contributed by atoms with Crippen LogP contribution in [0, 0.1) is 5.82 Å². The second-order valence-corrected chi connectivity index (χ2v) is 4.39. The van der Waals surface area contributed by atoms with E-state index in [9.17, 15) is 4.39 Å². The van der Waals surface area contributed by atoms with Crippen LogP contribution < -0.4 is 9.47 Å². The molecular weight excluding hydrogens is 301 g/mol. The highest BCUT2D eigenvalue weighted by Gasteiger charge is 2.04. The highest BCUT2D eigenvalue weighted by Crippen LogP contribution is 2.26. The third-order valence-electron chi connectivity index (χ3n) is 2.26. The average Bonchev–Trinajstić information content (AvgIpc) is 2.40. The molecule has 0 bridgehead atoms. The van der Waals surface area contributed by atoms with Gasteiger partial charge in [-0.05, 0) is 34.1 Å². The summed E-state index contributed by atoms with van der Waals surface area (Å²) < 4.78 is 24.3. The summed E-state index contributed by atoms with van der Waals surface area (Å²) in [5.74, 6) is 0.626. The number of rotatable bonds is 4. The van der Waals surface area contributed by atoms with Crippen molar-refractivity contribution in [3.8, 4) is 11.6 Å². The Labute approximate surface area is 113 Å². The van der Waals surface area contributed by atoms with Gasteiger partial charge in [-0.25, -0.2) is 9.37 Å². The van der Waals surface area contributed by atoms with Crippen LogP contribution in [0.15, 0.2) is 40.9 Å². The number of methoxy groups -OCH3 is 1. The molecule has 0 saturated carbocycles.